The van der Waals surface area contributed by atoms with Crippen molar-refractivity contribution in [3.8, 4) is 0 Å². The van der Waals surface area contributed by atoms with Gasteiger partial charge in [0, 0.05) is 0 Å². The van der Waals surface area contributed by atoms with Gasteiger partial charge in [-0.1, -0.05) is 20.8 Å². The van der Waals surface area contributed by atoms with Crippen LogP contribution in [0.2, 0.25) is 0 Å². The first-order chi connectivity index (χ1) is 6.07. The zero-order valence-corrected chi connectivity index (χ0v) is 9.93. The molecule has 0 aromatic carbocycles. The number of quaternary nitrogens is 1. The van der Waals surface area contributed by atoms with Crippen LogP contribution in [-0.4, -0.2) is 37.6 Å². The Kier molecular flexibility index (Phi) is 4.21. The monoisotopic (exact) mass is 206 g/mol. The Morgan fingerprint density at radius 1 is 1.43 bits per heavy atom. The molecule has 0 N–H and O–H groups in total. The minimum Gasteiger partial charge on any atom is -0.328 e. The Morgan fingerprint density at radius 3 is 2.14 bits per heavy atom. The summed E-state index contributed by atoms with van der Waals surface area (Å²) in [5, 5.41) is 0. The van der Waals surface area contributed by atoms with E-state index in [1.807, 2.05) is 27.7 Å². The summed E-state index contributed by atoms with van der Waals surface area (Å²) in [5.41, 5.74) is -0.000634. The second-order valence-electron chi connectivity index (χ2n) is 5.24. The lowest BCUT2D eigenvalue weighted by molar-refractivity contribution is -0.837. The van der Waals surface area contributed by atoms with Crippen molar-refractivity contribution in [1.82, 2.24) is 0 Å². The molecule has 0 saturated carbocycles. The average Bonchev–Trinajstić information content (AvgIpc) is 1.98. The van der Waals surface area contributed by atoms with Crippen LogP contribution in [0.15, 0.2) is 0 Å². The van der Waals surface area contributed by atoms with Crippen molar-refractivity contribution >= 4 is 6.16 Å². The number of halogens is 1. The average molecular weight is 206 g/mol. The minimum absolute atomic E-state index is 0.000634. The van der Waals surface area contributed by atoms with Crippen LogP contribution < -0.4 is 0 Å². The standard InChI is InChI=1S/C10H21FNO2/c1-8(10(2,3)4)14-7-12(5,6)9(11)13/h8H,7H2,1-6H3/q+1. The van der Waals surface area contributed by atoms with Crippen LogP contribution in [0.1, 0.15) is 27.7 Å². The van der Waals surface area contributed by atoms with Crippen molar-refractivity contribution < 1.29 is 18.4 Å². The smallest absolute Gasteiger partial charge is 0.328 e. The fraction of sp³-hybridized carbons (Fsp3) is 0.900. The third-order valence-electron chi connectivity index (χ3n) is 2.34. The summed E-state index contributed by atoms with van der Waals surface area (Å²) in [6.45, 7) is 8.09. The maximum absolute atomic E-state index is 12.5. The molecule has 3 nitrogen and oxygen atoms in total. The molecule has 1 unspecified atom stereocenters. The van der Waals surface area contributed by atoms with Crippen molar-refractivity contribution in [2.45, 2.75) is 33.8 Å². The molecular weight excluding hydrogens is 185 g/mol. The molecule has 1 amide bonds. The van der Waals surface area contributed by atoms with Gasteiger partial charge in [-0.2, -0.15) is 4.79 Å². The van der Waals surface area contributed by atoms with Crippen LogP contribution in [-0.2, 0) is 4.74 Å². The van der Waals surface area contributed by atoms with E-state index < -0.39 is 6.16 Å². The molecule has 0 spiro atoms. The lowest BCUT2D eigenvalue weighted by Crippen LogP contribution is -2.46. The topological polar surface area (TPSA) is 26.3 Å². The molecule has 0 rings (SSSR count). The van der Waals surface area contributed by atoms with Crippen molar-refractivity contribution in [2.75, 3.05) is 20.8 Å². The molecule has 0 fully saturated rings. The van der Waals surface area contributed by atoms with E-state index in [0.717, 1.165) is 0 Å². The molecular formula is C10H21FNO2+. The number of rotatable bonds is 3. The van der Waals surface area contributed by atoms with Gasteiger partial charge in [0.1, 0.15) is 0 Å². The Hall–Kier alpha value is -0.480. The van der Waals surface area contributed by atoms with E-state index in [0.29, 0.717) is 0 Å². The van der Waals surface area contributed by atoms with E-state index in [4.69, 9.17) is 4.74 Å². The fourth-order valence-corrected chi connectivity index (χ4v) is 0.599. The van der Waals surface area contributed by atoms with Gasteiger partial charge < -0.3 is 4.74 Å². The van der Waals surface area contributed by atoms with Gasteiger partial charge in [0.25, 0.3) is 0 Å². The first-order valence-electron chi connectivity index (χ1n) is 4.72. The van der Waals surface area contributed by atoms with Crippen LogP contribution in [0.4, 0.5) is 9.18 Å². The van der Waals surface area contributed by atoms with Gasteiger partial charge in [-0.05, 0) is 12.3 Å². The Balaban J connectivity index is 4.13. The highest BCUT2D eigenvalue weighted by Crippen LogP contribution is 2.22. The SMILES string of the molecule is CC(OC[N+](C)(C)C(=O)F)C(C)(C)C. The third-order valence-corrected chi connectivity index (χ3v) is 2.34. The molecule has 0 aliphatic carbocycles. The number of nitrogens with zero attached hydrogens (tertiary/aromatic N) is 1. The van der Waals surface area contributed by atoms with Crippen LogP contribution in [0.5, 0.6) is 0 Å². The van der Waals surface area contributed by atoms with E-state index in [1.165, 1.54) is 14.1 Å². The molecule has 14 heavy (non-hydrogen) atoms. The number of hydrogen-bond acceptors (Lipinski definition) is 2. The molecule has 0 aliphatic rings. The third kappa shape index (κ3) is 4.15. The van der Waals surface area contributed by atoms with E-state index in [-0.39, 0.29) is 22.7 Å². The zero-order valence-electron chi connectivity index (χ0n) is 9.93. The van der Waals surface area contributed by atoms with E-state index >= 15 is 0 Å². The van der Waals surface area contributed by atoms with E-state index in [2.05, 4.69) is 0 Å². The van der Waals surface area contributed by atoms with Crippen LogP contribution in [0.3, 0.4) is 0 Å². The molecule has 4 heteroatoms. The van der Waals surface area contributed by atoms with Gasteiger partial charge in [-0.15, -0.1) is 4.39 Å². The van der Waals surface area contributed by atoms with Gasteiger partial charge in [-0.3, -0.25) is 0 Å². The first kappa shape index (κ1) is 13.5. The summed E-state index contributed by atoms with van der Waals surface area (Å²) in [6, 6.07) is 0. The maximum atomic E-state index is 12.5. The molecule has 84 valence electrons. The van der Waals surface area contributed by atoms with Crippen LogP contribution in [0, 0.1) is 5.41 Å². The van der Waals surface area contributed by atoms with Crippen molar-refractivity contribution in [1.29, 1.82) is 0 Å². The highest BCUT2D eigenvalue weighted by molar-refractivity contribution is 5.57. The molecule has 0 bridgehead atoms. The molecule has 0 heterocycles. The number of hydrogen-bond donors (Lipinski definition) is 0. The highest BCUT2D eigenvalue weighted by Gasteiger charge is 2.29. The van der Waals surface area contributed by atoms with Crippen molar-refractivity contribution in [3.63, 3.8) is 0 Å². The normalized spacial score (nSPS) is 15.4. The second-order valence-corrected chi connectivity index (χ2v) is 5.24. The van der Waals surface area contributed by atoms with Gasteiger partial charge >= 0.3 is 6.16 Å². The van der Waals surface area contributed by atoms with Crippen LogP contribution in [0.25, 0.3) is 0 Å². The number of amides is 1. The van der Waals surface area contributed by atoms with E-state index in [1.54, 1.807) is 0 Å². The summed E-state index contributed by atoms with van der Waals surface area (Å²) < 4.78 is 17.5. The predicted octanol–water partition coefficient (Wildman–Crippen LogP) is 2.56. The molecule has 0 aliphatic heterocycles. The largest absolute Gasteiger partial charge is 0.506 e. The van der Waals surface area contributed by atoms with Gasteiger partial charge in [-0.25, -0.2) is 4.48 Å². The van der Waals surface area contributed by atoms with Crippen molar-refractivity contribution in [3.05, 3.63) is 0 Å². The Bertz CT molecular complexity index is 209. The molecule has 0 saturated heterocycles. The van der Waals surface area contributed by atoms with Gasteiger partial charge in [0.2, 0.25) is 0 Å². The summed E-state index contributed by atoms with van der Waals surface area (Å²) in [4.78, 5) is 10.6. The summed E-state index contributed by atoms with van der Waals surface area (Å²) in [7, 11) is 2.97. The lowest BCUT2D eigenvalue weighted by atomic mass is 9.90. The fourth-order valence-electron chi connectivity index (χ4n) is 0.599. The Morgan fingerprint density at radius 2 is 1.86 bits per heavy atom. The predicted molar refractivity (Wildman–Crippen MR) is 53.5 cm³/mol. The second kappa shape index (κ2) is 4.36. The highest BCUT2D eigenvalue weighted by atomic mass is 19.1. The number of carbonyl (C=O) groups is 1. The molecule has 0 aromatic rings. The lowest BCUT2D eigenvalue weighted by Gasteiger charge is -2.30. The summed E-state index contributed by atoms with van der Waals surface area (Å²) in [5.74, 6) is 0. The molecule has 1 atom stereocenters. The van der Waals surface area contributed by atoms with E-state index in [9.17, 15) is 9.18 Å². The minimum atomic E-state index is -1.38. The number of ether oxygens (including phenoxy) is 1. The zero-order chi connectivity index (χ0) is 11.6. The first-order valence-corrected chi connectivity index (χ1v) is 4.72. The van der Waals surface area contributed by atoms with Gasteiger partial charge in [0.05, 0.1) is 20.2 Å². The van der Waals surface area contributed by atoms with Crippen LogP contribution >= 0.6 is 0 Å². The summed E-state index contributed by atoms with van der Waals surface area (Å²) in [6.07, 6.45) is -1.40. The molecule has 0 radical (unpaired) electrons. The Labute approximate surface area is 85.4 Å². The van der Waals surface area contributed by atoms with Crippen molar-refractivity contribution in [2.24, 2.45) is 5.41 Å². The quantitative estimate of drug-likeness (QED) is 0.307. The maximum Gasteiger partial charge on any atom is 0.506 e. The summed E-state index contributed by atoms with van der Waals surface area (Å²) >= 11 is 0. The number of carbonyl (C=O) groups excluding carboxylic acids is 1. The van der Waals surface area contributed by atoms with Gasteiger partial charge in [0.15, 0.2) is 6.73 Å². The molecule has 0 aromatic heterocycles.